The third-order valence-electron chi connectivity index (χ3n) is 6.63. The fourth-order valence-corrected chi connectivity index (χ4v) is 4.85. The largest absolute Gasteiger partial charge is 0.507 e. The second-order valence-electron chi connectivity index (χ2n) is 9.35. The molecule has 3 aromatic rings. The molecule has 0 spiro atoms. The van der Waals surface area contributed by atoms with E-state index in [2.05, 4.69) is 0 Å². The lowest BCUT2D eigenvalue weighted by Crippen LogP contribution is -2.29. The standard InChI is InChI=1S/C29H28N2O4/c1-18-15-22-16-21(11-14-24(22)35-18)27(32)25-26(20-9-12-23(13-10-20)30(2)3)31(29(34)28(25)33)17-19-7-5-4-6-8-19/h4-14,16,18,26,32H,15,17H2,1-3H3/t18-,26-/m1/s1. The number of amides is 1. The van der Waals surface area contributed by atoms with E-state index in [1.807, 2.05) is 92.6 Å². The van der Waals surface area contributed by atoms with Crippen LogP contribution in [0.1, 0.15) is 35.2 Å². The van der Waals surface area contributed by atoms with E-state index in [1.165, 1.54) is 0 Å². The van der Waals surface area contributed by atoms with E-state index in [1.54, 1.807) is 11.0 Å². The Kier molecular flexibility index (Phi) is 5.81. The van der Waals surface area contributed by atoms with Gasteiger partial charge in [0.05, 0.1) is 11.6 Å². The molecule has 1 amide bonds. The summed E-state index contributed by atoms with van der Waals surface area (Å²) in [6, 6.07) is 22.0. The summed E-state index contributed by atoms with van der Waals surface area (Å²) in [6.07, 6.45) is 0.794. The molecule has 1 saturated heterocycles. The predicted octanol–water partition coefficient (Wildman–Crippen LogP) is 4.70. The summed E-state index contributed by atoms with van der Waals surface area (Å²) in [7, 11) is 3.91. The van der Waals surface area contributed by atoms with Gasteiger partial charge in [-0.1, -0.05) is 42.5 Å². The SMILES string of the molecule is C[C@@H]1Cc2cc(C(O)=C3C(=O)C(=O)N(Cc4ccccc4)[C@@H]3c3ccc(N(C)C)cc3)ccc2O1. The second kappa shape index (κ2) is 8.95. The Bertz CT molecular complexity index is 1310. The highest BCUT2D eigenvalue weighted by atomic mass is 16.5. The third kappa shape index (κ3) is 4.16. The smallest absolute Gasteiger partial charge is 0.295 e. The van der Waals surface area contributed by atoms with Gasteiger partial charge < -0.3 is 19.6 Å². The van der Waals surface area contributed by atoms with Crippen LogP contribution in [0.25, 0.3) is 5.76 Å². The zero-order valence-electron chi connectivity index (χ0n) is 20.1. The summed E-state index contributed by atoms with van der Waals surface area (Å²) in [4.78, 5) is 30.1. The molecular formula is C29H28N2O4. The van der Waals surface area contributed by atoms with Crippen molar-refractivity contribution >= 4 is 23.1 Å². The number of rotatable bonds is 5. The number of Topliss-reactive ketones (excluding diaryl/α,β-unsaturated/α-hetero) is 1. The Labute approximate surface area is 205 Å². The minimum Gasteiger partial charge on any atom is -0.507 e. The highest BCUT2D eigenvalue weighted by molar-refractivity contribution is 6.46. The van der Waals surface area contributed by atoms with E-state index in [0.29, 0.717) is 5.56 Å². The molecule has 0 radical (unpaired) electrons. The molecule has 178 valence electrons. The van der Waals surface area contributed by atoms with Crippen LogP contribution < -0.4 is 9.64 Å². The van der Waals surface area contributed by atoms with Gasteiger partial charge in [-0.2, -0.15) is 0 Å². The van der Waals surface area contributed by atoms with Crippen molar-refractivity contribution < 1.29 is 19.4 Å². The van der Waals surface area contributed by atoms with Crippen LogP contribution in [0.4, 0.5) is 5.69 Å². The summed E-state index contributed by atoms with van der Waals surface area (Å²) >= 11 is 0. The first kappa shape index (κ1) is 22.7. The molecule has 2 aliphatic heterocycles. The number of anilines is 1. The minimum absolute atomic E-state index is 0.0639. The number of ketones is 1. The number of nitrogens with zero attached hydrogens (tertiary/aromatic N) is 2. The zero-order chi connectivity index (χ0) is 24.7. The monoisotopic (exact) mass is 468 g/mol. The van der Waals surface area contributed by atoms with Crippen LogP contribution in [-0.4, -0.2) is 41.9 Å². The van der Waals surface area contributed by atoms with Gasteiger partial charge in [-0.3, -0.25) is 9.59 Å². The molecule has 0 bridgehead atoms. The van der Waals surface area contributed by atoms with Gasteiger partial charge in [-0.25, -0.2) is 0 Å². The van der Waals surface area contributed by atoms with Crippen LogP contribution in [0, 0.1) is 0 Å². The predicted molar refractivity (Wildman–Crippen MR) is 135 cm³/mol. The number of benzene rings is 3. The maximum Gasteiger partial charge on any atom is 0.295 e. The van der Waals surface area contributed by atoms with Gasteiger partial charge in [-0.15, -0.1) is 0 Å². The van der Waals surface area contributed by atoms with Crippen molar-refractivity contribution in [2.24, 2.45) is 0 Å². The fourth-order valence-electron chi connectivity index (χ4n) is 4.85. The molecule has 3 aromatic carbocycles. The van der Waals surface area contributed by atoms with Gasteiger partial charge in [0.2, 0.25) is 0 Å². The van der Waals surface area contributed by atoms with Gasteiger partial charge in [0.15, 0.2) is 0 Å². The second-order valence-corrected chi connectivity index (χ2v) is 9.35. The molecule has 6 heteroatoms. The van der Waals surface area contributed by atoms with E-state index in [0.717, 1.165) is 34.5 Å². The summed E-state index contributed by atoms with van der Waals surface area (Å²) in [6.45, 7) is 2.25. The van der Waals surface area contributed by atoms with Gasteiger partial charge >= 0.3 is 0 Å². The van der Waals surface area contributed by atoms with E-state index < -0.39 is 17.7 Å². The lowest BCUT2D eigenvalue weighted by Gasteiger charge is -2.26. The molecule has 1 N–H and O–H groups in total. The van der Waals surface area contributed by atoms with Gasteiger partial charge in [0.25, 0.3) is 11.7 Å². The molecule has 2 atom stereocenters. The lowest BCUT2D eigenvalue weighted by molar-refractivity contribution is -0.140. The number of likely N-dealkylation sites (tertiary alicyclic amines) is 1. The highest BCUT2D eigenvalue weighted by Gasteiger charge is 2.46. The molecular weight excluding hydrogens is 440 g/mol. The fraction of sp³-hybridized carbons (Fsp3) is 0.241. The van der Waals surface area contributed by atoms with Crippen LogP contribution >= 0.6 is 0 Å². The number of aliphatic hydroxyl groups is 1. The first-order valence-corrected chi connectivity index (χ1v) is 11.7. The number of carbonyl (C=O) groups excluding carboxylic acids is 2. The van der Waals surface area contributed by atoms with Crippen molar-refractivity contribution in [1.82, 2.24) is 4.90 Å². The van der Waals surface area contributed by atoms with E-state index in [-0.39, 0.29) is 24.0 Å². The Balaban J connectivity index is 1.62. The molecule has 2 aliphatic rings. The zero-order valence-corrected chi connectivity index (χ0v) is 20.1. The lowest BCUT2D eigenvalue weighted by atomic mass is 9.94. The summed E-state index contributed by atoms with van der Waals surface area (Å²) in [5, 5.41) is 11.4. The van der Waals surface area contributed by atoms with Crippen LogP contribution in [0.2, 0.25) is 0 Å². The summed E-state index contributed by atoms with van der Waals surface area (Å²) < 4.78 is 5.78. The van der Waals surface area contributed by atoms with Crippen molar-refractivity contribution in [2.75, 3.05) is 19.0 Å². The molecule has 0 unspecified atom stereocenters. The first-order valence-electron chi connectivity index (χ1n) is 11.7. The molecule has 1 fully saturated rings. The molecule has 0 saturated carbocycles. The Hall–Kier alpha value is -4.06. The average molecular weight is 469 g/mol. The number of carbonyl (C=O) groups is 2. The van der Waals surface area contributed by atoms with Crippen LogP contribution in [0.15, 0.2) is 78.4 Å². The van der Waals surface area contributed by atoms with Gasteiger partial charge in [0, 0.05) is 38.3 Å². The topological polar surface area (TPSA) is 70.1 Å². The number of fused-ring (bicyclic) bond motifs is 1. The maximum atomic E-state index is 13.3. The van der Waals surface area contributed by atoms with Crippen LogP contribution in [-0.2, 0) is 22.6 Å². The number of ether oxygens (including phenoxy) is 1. The Morgan fingerprint density at radius 3 is 2.43 bits per heavy atom. The molecule has 0 aromatic heterocycles. The first-order chi connectivity index (χ1) is 16.8. The van der Waals surface area contributed by atoms with Crippen molar-refractivity contribution in [3.05, 3.63) is 101 Å². The van der Waals surface area contributed by atoms with Gasteiger partial charge in [0.1, 0.15) is 17.6 Å². The molecule has 6 nitrogen and oxygen atoms in total. The van der Waals surface area contributed by atoms with E-state index in [4.69, 9.17) is 4.74 Å². The van der Waals surface area contributed by atoms with Crippen molar-refractivity contribution in [1.29, 1.82) is 0 Å². The quantitative estimate of drug-likeness (QED) is 0.334. The average Bonchev–Trinajstić information content (AvgIpc) is 3.35. The highest BCUT2D eigenvalue weighted by Crippen LogP contribution is 2.41. The van der Waals surface area contributed by atoms with Crippen molar-refractivity contribution in [3.63, 3.8) is 0 Å². The van der Waals surface area contributed by atoms with E-state index >= 15 is 0 Å². The molecule has 0 aliphatic carbocycles. The number of hydrogen-bond acceptors (Lipinski definition) is 5. The Morgan fingerprint density at radius 2 is 1.74 bits per heavy atom. The third-order valence-corrected chi connectivity index (χ3v) is 6.63. The number of hydrogen-bond donors (Lipinski definition) is 1. The summed E-state index contributed by atoms with van der Waals surface area (Å²) in [5.74, 6) is -0.669. The van der Waals surface area contributed by atoms with Crippen molar-refractivity contribution in [2.45, 2.75) is 32.0 Å². The molecule has 35 heavy (non-hydrogen) atoms. The maximum absolute atomic E-state index is 13.3. The minimum atomic E-state index is -0.699. The van der Waals surface area contributed by atoms with Gasteiger partial charge in [-0.05, 0) is 53.9 Å². The normalized spacial score (nSPS) is 20.6. The molecule has 5 rings (SSSR count). The van der Waals surface area contributed by atoms with Crippen LogP contribution in [0.3, 0.4) is 0 Å². The van der Waals surface area contributed by atoms with Crippen LogP contribution in [0.5, 0.6) is 5.75 Å². The van der Waals surface area contributed by atoms with E-state index in [9.17, 15) is 14.7 Å². The van der Waals surface area contributed by atoms with Crippen molar-refractivity contribution in [3.8, 4) is 5.75 Å². The molecule has 2 heterocycles. The Morgan fingerprint density at radius 1 is 1.03 bits per heavy atom. The summed E-state index contributed by atoms with van der Waals surface area (Å²) in [5.41, 5.74) is 4.27. The number of aliphatic hydroxyl groups excluding tert-OH is 1.